The predicted octanol–water partition coefficient (Wildman–Crippen LogP) is 2.29. The first-order valence-corrected chi connectivity index (χ1v) is 5.81. The van der Waals surface area contributed by atoms with E-state index >= 15 is 0 Å². The quantitative estimate of drug-likeness (QED) is 0.666. The summed E-state index contributed by atoms with van der Waals surface area (Å²) in [5.41, 5.74) is 1.67. The Hall–Kier alpha value is -1.42. The first kappa shape index (κ1) is 12.6. The van der Waals surface area contributed by atoms with Crippen LogP contribution in [0.15, 0.2) is 30.3 Å². The van der Waals surface area contributed by atoms with Crippen molar-refractivity contribution in [2.75, 3.05) is 5.33 Å². The second-order valence-corrected chi connectivity index (χ2v) is 3.83. The molecular formula is C12H11BrO3. The molecule has 0 fully saturated rings. The van der Waals surface area contributed by atoms with Crippen molar-refractivity contribution in [3.8, 4) is 0 Å². The van der Waals surface area contributed by atoms with Gasteiger partial charge in [-0.3, -0.25) is 4.79 Å². The van der Waals surface area contributed by atoms with E-state index in [1.807, 2.05) is 6.07 Å². The maximum absolute atomic E-state index is 11.2. The molecule has 0 saturated carbocycles. The van der Waals surface area contributed by atoms with Crippen LogP contribution >= 0.6 is 15.9 Å². The van der Waals surface area contributed by atoms with Crippen molar-refractivity contribution >= 4 is 33.8 Å². The van der Waals surface area contributed by atoms with E-state index in [9.17, 15) is 9.59 Å². The molecular weight excluding hydrogens is 272 g/mol. The summed E-state index contributed by atoms with van der Waals surface area (Å²) in [4.78, 5) is 21.5. The molecule has 84 valence electrons. The summed E-state index contributed by atoms with van der Waals surface area (Å²) in [5, 5.41) is 8.82. The molecule has 0 unspecified atom stereocenters. The van der Waals surface area contributed by atoms with Crippen molar-refractivity contribution in [3.05, 3.63) is 41.5 Å². The average molecular weight is 283 g/mol. The second-order valence-electron chi connectivity index (χ2n) is 3.27. The number of ketones is 1. The molecule has 1 aromatic carbocycles. The number of halogens is 1. The lowest BCUT2D eigenvalue weighted by Gasteiger charge is -2.00. The molecule has 0 bridgehead atoms. The molecule has 1 rings (SSSR count). The van der Waals surface area contributed by atoms with E-state index in [1.54, 1.807) is 18.2 Å². The van der Waals surface area contributed by atoms with E-state index in [2.05, 4.69) is 15.9 Å². The van der Waals surface area contributed by atoms with Gasteiger partial charge in [-0.15, -0.1) is 0 Å². The number of Topliss-reactive ketones (excluding diaryl/α,β-unsaturated/α-hetero) is 1. The predicted molar refractivity (Wildman–Crippen MR) is 65.6 cm³/mol. The lowest BCUT2D eigenvalue weighted by atomic mass is 10.1. The normalized spacial score (nSPS) is 10.6. The lowest BCUT2D eigenvalue weighted by Crippen LogP contribution is -2.03. The van der Waals surface area contributed by atoms with Crippen LogP contribution in [0, 0.1) is 0 Å². The van der Waals surface area contributed by atoms with Gasteiger partial charge in [0.25, 0.3) is 0 Å². The molecule has 0 radical (unpaired) electrons. The highest BCUT2D eigenvalue weighted by Gasteiger charge is 2.01. The summed E-state index contributed by atoms with van der Waals surface area (Å²) in [6.45, 7) is 0. The zero-order valence-electron chi connectivity index (χ0n) is 8.52. The highest BCUT2D eigenvalue weighted by Crippen LogP contribution is 2.08. The van der Waals surface area contributed by atoms with Crippen LogP contribution in [0.5, 0.6) is 0 Å². The summed E-state index contributed by atoms with van der Waals surface area (Å²) in [6.07, 6.45) is 2.94. The van der Waals surface area contributed by atoms with Gasteiger partial charge >= 0.3 is 5.97 Å². The molecule has 3 nitrogen and oxygen atoms in total. The number of benzene rings is 1. The Morgan fingerprint density at radius 2 is 2.12 bits per heavy atom. The van der Waals surface area contributed by atoms with Gasteiger partial charge in [-0.25, -0.2) is 4.79 Å². The number of hydrogen-bond acceptors (Lipinski definition) is 2. The Kier molecular flexibility index (Phi) is 4.92. The molecule has 0 aliphatic carbocycles. The van der Waals surface area contributed by atoms with Gasteiger partial charge in [0.15, 0.2) is 0 Å². The van der Waals surface area contributed by atoms with E-state index in [0.717, 1.165) is 17.2 Å². The summed E-state index contributed by atoms with van der Waals surface area (Å²) in [7, 11) is 0. The summed E-state index contributed by atoms with van der Waals surface area (Å²) in [5.74, 6) is -0.888. The molecule has 0 saturated heterocycles. The van der Waals surface area contributed by atoms with E-state index < -0.39 is 5.97 Å². The van der Waals surface area contributed by atoms with Crippen LogP contribution in [0.3, 0.4) is 0 Å². The minimum Gasteiger partial charge on any atom is -0.478 e. The van der Waals surface area contributed by atoms with Crippen molar-refractivity contribution in [2.45, 2.75) is 6.42 Å². The van der Waals surface area contributed by atoms with Crippen molar-refractivity contribution in [3.63, 3.8) is 0 Å². The van der Waals surface area contributed by atoms with Crippen LogP contribution in [0.2, 0.25) is 0 Å². The highest BCUT2D eigenvalue weighted by atomic mass is 79.9. The van der Waals surface area contributed by atoms with Crippen molar-refractivity contribution in [1.82, 2.24) is 0 Å². The molecule has 0 aromatic heterocycles. The number of aliphatic carboxylic acids is 1. The number of carboxylic acids is 1. The highest BCUT2D eigenvalue weighted by molar-refractivity contribution is 9.09. The minimum atomic E-state index is -0.984. The number of alkyl halides is 1. The van der Waals surface area contributed by atoms with Gasteiger partial charge in [-0.2, -0.15) is 0 Å². The number of hydrogen-bond donors (Lipinski definition) is 1. The molecule has 4 heteroatoms. The third-order valence-electron chi connectivity index (χ3n) is 1.92. The van der Waals surface area contributed by atoms with Gasteiger partial charge in [0.05, 0.1) is 5.33 Å². The lowest BCUT2D eigenvalue weighted by molar-refractivity contribution is -0.131. The largest absolute Gasteiger partial charge is 0.478 e. The Labute approximate surface area is 102 Å². The number of carbonyl (C=O) groups excluding carboxylic acids is 1. The molecule has 0 atom stereocenters. The average Bonchev–Trinajstić information content (AvgIpc) is 2.26. The van der Waals surface area contributed by atoms with Gasteiger partial charge in [-0.05, 0) is 17.2 Å². The SMILES string of the molecule is O=C(O)/C=C/c1cccc(CC(=O)CBr)c1. The minimum absolute atomic E-state index is 0.0966. The number of carbonyl (C=O) groups is 2. The summed E-state index contributed by atoms with van der Waals surface area (Å²) < 4.78 is 0. The van der Waals surface area contributed by atoms with E-state index in [0.29, 0.717) is 11.8 Å². The van der Waals surface area contributed by atoms with Gasteiger partial charge in [0, 0.05) is 12.5 Å². The second kappa shape index (κ2) is 6.23. The fourth-order valence-electron chi connectivity index (χ4n) is 1.25. The number of carboxylic acid groups (broad SMARTS) is 1. The first-order valence-electron chi connectivity index (χ1n) is 4.69. The molecule has 0 aliphatic rings. The van der Waals surface area contributed by atoms with E-state index in [4.69, 9.17) is 5.11 Å². The van der Waals surface area contributed by atoms with Crippen LogP contribution in [0.4, 0.5) is 0 Å². The van der Waals surface area contributed by atoms with Crippen molar-refractivity contribution in [2.24, 2.45) is 0 Å². The van der Waals surface area contributed by atoms with Gasteiger partial charge < -0.3 is 5.11 Å². The number of rotatable bonds is 5. The van der Waals surface area contributed by atoms with Crippen molar-refractivity contribution in [1.29, 1.82) is 0 Å². The van der Waals surface area contributed by atoms with E-state index in [-0.39, 0.29) is 5.78 Å². The molecule has 1 N–H and O–H groups in total. The smallest absolute Gasteiger partial charge is 0.328 e. The zero-order valence-corrected chi connectivity index (χ0v) is 10.1. The third-order valence-corrected chi connectivity index (χ3v) is 2.55. The van der Waals surface area contributed by atoms with Crippen molar-refractivity contribution < 1.29 is 14.7 Å². The van der Waals surface area contributed by atoms with Crippen LogP contribution in [0.25, 0.3) is 6.08 Å². The maximum atomic E-state index is 11.2. The fourth-order valence-corrected chi connectivity index (χ4v) is 1.45. The maximum Gasteiger partial charge on any atom is 0.328 e. The Morgan fingerprint density at radius 3 is 2.75 bits per heavy atom. The summed E-state index contributed by atoms with van der Waals surface area (Å²) >= 11 is 3.10. The Bertz CT molecular complexity index is 424. The van der Waals surface area contributed by atoms with Gasteiger partial charge in [-0.1, -0.05) is 40.2 Å². The molecule has 0 amide bonds. The van der Waals surface area contributed by atoms with E-state index in [1.165, 1.54) is 6.08 Å². The van der Waals surface area contributed by atoms with Crippen LogP contribution in [0.1, 0.15) is 11.1 Å². The van der Waals surface area contributed by atoms with Gasteiger partial charge in [0.2, 0.25) is 0 Å². The van der Waals surface area contributed by atoms with Crippen LogP contribution < -0.4 is 0 Å². The monoisotopic (exact) mass is 282 g/mol. The molecule has 0 spiro atoms. The third kappa shape index (κ3) is 4.40. The molecule has 16 heavy (non-hydrogen) atoms. The Balaban J connectivity index is 2.78. The van der Waals surface area contributed by atoms with Crippen LogP contribution in [-0.4, -0.2) is 22.2 Å². The standard InChI is InChI=1S/C12H11BrO3/c13-8-11(14)7-10-3-1-2-9(6-10)4-5-12(15)16/h1-6H,7-8H2,(H,15,16)/b5-4+. The molecule has 1 aromatic rings. The molecule has 0 heterocycles. The van der Waals surface area contributed by atoms with Crippen LogP contribution in [-0.2, 0) is 16.0 Å². The first-order chi connectivity index (χ1) is 7.61. The topological polar surface area (TPSA) is 54.4 Å². The fraction of sp³-hybridized carbons (Fsp3) is 0.167. The Morgan fingerprint density at radius 1 is 1.38 bits per heavy atom. The van der Waals surface area contributed by atoms with Gasteiger partial charge in [0.1, 0.15) is 5.78 Å². The molecule has 0 aliphatic heterocycles. The zero-order chi connectivity index (χ0) is 12.0. The summed E-state index contributed by atoms with van der Waals surface area (Å²) in [6, 6.07) is 7.25.